The molecule has 19 heavy (non-hydrogen) atoms. The molecule has 0 N–H and O–H groups in total. The lowest BCUT2D eigenvalue weighted by Crippen LogP contribution is -2.34. The highest BCUT2D eigenvalue weighted by Crippen LogP contribution is 2.24. The lowest BCUT2D eigenvalue weighted by Gasteiger charge is -2.25. The van der Waals surface area contributed by atoms with Crippen molar-refractivity contribution in [3.8, 4) is 0 Å². The molecule has 0 aliphatic carbocycles. The standard InChI is InChI=1S/C15H15NO2S/c1-11-2-3-13(18-11)4-5-15(17)16-8-6-14-12(10-16)7-9-19-14/h2-5,7,9H,6,8,10H2,1H3/b5-4+. The highest BCUT2D eigenvalue weighted by molar-refractivity contribution is 7.10. The molecule has 0 aromatic carbocycles. The topological polar surface area (TPSA) is 33.5 Å². The summed E-state index contributed by atoms with van der Waals surface area (Å²) in [6.07, 6.45) is 4.29. The molecule has 0 saturated heterocycles. The summed E-state index contributed by atoms with van der Waals surface area (Å²) in [5.74, 6) is 1.62. The van der Waals surface area contributed by atoms with Gasteiger partial charge in [-0.15, -0.1) is 11.3 Å². The summed E-state index contributed by atoms with van der Waals surface area (Å²) in [5, 5.41) is 2.10. The van der Waals surface area contributed by atoms with Crippen LogP contribution < -0.4 is 0 Å². The fourth-order valence-corrected chi connectivity index (χ4v) is 3.13. The number of furan rings is 1. The van der Waals surface area contributed by atoms with Crippen molar-refractivity contribution in [1.29, 1.82) is 0 Å². The Kier molecular flexibility index (Phi) is 3.25. The second kappa shape index (κ2) is 5.05. The van der Waals surface area contributed by atoms with Gasteiger partial charge in [-0.2, -0.15) is 0 Å². The molecule has 0 atom stereocenters. The van der Waals surface area contributed by atoms with Crippen LogP contribution in [0, 0.1) is 6.92 Å². The normalized spacial score (nSPS) is 14.9. The van der Waals surface area contributed by atoms with E-state index in [2.05, 4.69) is 11.4 Å². The Hall–Kier alpha value is -1.81. The van der Waals surface area contributed by atoms with E-state index in [4.69, 9.17) is 4.42 Å². The molecule has 0 spiro atoms. The van der Waals surface area contributed by atoms with E-state index in [-0.39, 0.29) is 5.91 Å². The lowest BCUT2D eigenvalue weighted by molar-refractivity contribution is -0.126. The second-order valence-corrected chi connectivity index (χ2v) is 5.66. The van der Waals surface area contributed by atoms with E-state index in [9.17, 15) is 4.79 Å². The first-order valence-electron chi connectivity index (χ1n) is 6.31. The molecule has 0 bridgehead atoms. The molecule has 0 radical (unpaired) electrons. The van der Waals surface area contributed by atoms with E-state index in [1.165, 1.54) is 10.4 Å². The van der Waals surface area contributed by atoms with Crippen molar-refractivity contribution in [3.05, 3.63) is 51.6 Å². The summed E-state index contributed by atoms with van der Waals surface area (Å²) in [5.41, 5.74) is 1.28. The molecule has 0 unspecified atom stereocenters. The van der Waals surface area contributed by atoms with E-state index < -0.39 is 0 Å². The minimum absolute atomic E-state index is 0.0471. The van der Waals surface area contributed by atoms with Crippen LogP contribution in [0.3, 0.4) is 0 Å². The van der Waals surface area contributed by atoms with Crippen LogP contribution in [0.1, 0.15) is 22.0 Å². The zero-order valence-corrected chi connectivity index (χ0v) is 11.6. The van der Waals surface area contributed by atoms with Gasteiger partial charge in [0, 0.05) is 24.0 Å². The quantitative estimate of drug-likeness (QED) is 0.787. The van der Waals surface area contributed by atoms with Crippen molar-refractivity contribution >= 4 is 23.3 Å². The molecule has 1 aliphatic rings. The van der Waals surface area contributed by atoms with Crippen LogP contribution in [0.5, 0.6) is 0 Å². The van der Waals surface area contributed by atoms with Gasteiger partial charge in [0.15, 0.2) is 0 Å². The molecule has 2 aromatic heterocycles. The van der Waals surface area contributed by atoms with Crippen molar-refractivity contribution in [2.24, 2.45) is 0 Å². The van der Waals surface area contributed by atoms with Crippen LogP contribution in [0.2, 0.25) is 0 Å². The van der Waals surface area contributed by atoms with Gasteiger partial charge in [-0.25, -0.2) is 0 Å². The summed E-state index contributed by atoms with van der Waals surface area (Å²) in [6.45, 7) is 3.41. The monoisotopic (exact) mass is 273 g/mol. The Labute approximate surface area is 116 Å². The number of fused-ring (bicyclic) bond motifs is 1. The Morgan fingerprint density at radius 2 is 2.32 bits per heavy atom. The van der Waals surface area contributed by atoms with Gasteiger partial charge < -0.3 is 9.32 Å². The molecule has 0 fully saturated rings. The number of thiophene rings is 1. The maximum atomic E-state index is 12.1. The van der Waals surface area contributed by atoms with Gasteiger partial charge in [0.25, 0.3) is 0 Å². The minimum Gasteiger partial charge on any atom is -0.462 e. The maximum Gasteiger partial charge on any atom is 0.247 e. The molecule has 4 heteroatoms. The van der Waals surface area contributed by atoms with E-state index in [1.807, 2.05) is 24.0 Å². The van der Waals surface area contributed by atoms with E-state index >= 15 is 0 Å². The Bertz CT molecular complexity index is 624. The molecular formula is C15H15NO2S. The zero-order chi connectivity index (χ0) is 13.2. The van der Waals surface area contributed by atoms with Crippen molar-refractivity contribution in [1.82, 2.24) is 4.90 Å². The average Bonchev–Trinajstić information content (AvgIpc) is 3.03. The molecule has 3 heterocycles. The second-order valence-electron chi connectivity index (χ2n) is 4.66. The van der Waals surface area contributed by atoms with E-state index in [0.29, 0.717) is 0 Å². The Morgan fingerprint density at radius 1 is 1.42 bits per heavy atom. The van der Waals surface area contributed by atoms with Gasteiger partial charge in [0.05, 0.1) is 0 Å². The summed E-state index contributed by atoms with van der Waals surface area (Å²) in [4.78, 5) is 15.4. The summed E-state index contributed by atoms with van der Waals surface area (Å²) >= 11 is 1.78. The van der Waals surface area contributed by atoms with Gasteiger partial charge in [-0.05, 0) is 48.6 Å². The average molecular weight is 273 g/mol. The van der Waals surface area contributed by atoms with Crippen molar-refractivity contribution in [2.75, 3.05) is 6.54 Å². The van der Waals surface area contributed by atoms with Gasteiger partial charge in [0.1, 0.15) is 11.5 Å². The van der Waals surface area contributed by atoms with Crippen molar-refractivity contribution < 1.29 is 9.21 Å². The summed E-state index contributed by atoms with van der Waals surface area (Å²) < 4.78 is 5.41. The van der Waals surface area contributed by atoms with Crippen LogP contribution in [0.25, 0.3) is 6.08 Å². The first-order chi connectivity index (χ1) is 9.22. The molecular weight excluding hydrogens is 258 g/mol. The predicted octanol–water partition coefficient (Wildman–Crippen LogP) is 3.25. The molecule has 3 nitrogen and oxygen atoms in total. The summed E-state index contributed by atoms with van der Waals surface area (Å²) in [7, 11) is 0. The van der Waals surface area contributed by atoms with Gasteiger partial charge >= 0.3 is 0 Å². The van der Waals surface area contributed by atoms with Gasteiger partial charge in [0.2, 0.25) is 5.91 Å². The molecule has 98 valence electrons. The first-order valence-corrected chi connectivity index (χ1v) is 7.19. The summed E-state index contributed by atoms with van der Waals surface area (Å²) in [6, 6.07) is 5.87. The molecule has 1 aliphatic heterocycles. The molecule has 1 amide bonds. The predicted molar refractivity (Wildman–Crippen MR) is 75.9 cm³/mol. The van der Waals surface area contributed by atoms with E-state index in [1.54, 1.807) is 23.5 Å². The molecule has 0 saturated carbocycles. The Balaban J connectivity index is 1.67. The largest absolute Gasteiger partial charge is 0.462 e. The Morgan fingerprint density at radius 3 is 3.11 bits per heavy atom. The van der Waals surface area contributed by atoms with E-state index in [0.717, 1.165) is 31.0 Å². The number of carbonyl (C=O) groups excluding carboxylic acids is 1. The third-order valence-corrected chi connectivity index (χ3v) is 4.29. The third-order valence-electron chi connectivity index (χ3n) is 3.27. The first kappa shape index (κ1) is 12.2. The van der Waals surface area contributed by atoms with Crippen molar-refractivity contribution in [2.45, 2.75) is 19.9 Å². The number of nitrogens with zero attached hydrogens (tertiary/aromatic N) is 1. The minimum atomic E-state index is 0.0471. The number of aryl methyl sites for hydroxylation is 1. The third kappa shape index (κ3) is 2.63. The highest BCUT2D eigenvalue weighted by Gasteiger charge is 2.19. The lowest BCUT2D eigenvalue weighted by atomic mass is 10.1. The number of hydrogen-bond donors (Lipinski definition) is 0. The maximum absolute atomic E-state index is 12.1. The van der Waals surface area contributed by atoms with Crippen LogP contribution >= 0.6 is 11.3 Å². The van der Waals surface area contributed by atoms with Crippen molar-refractivity contribution in [3.63, 3.8) is 0 Å². The number of rotatable bonds is 2. The van der Waals surface area contributed by atoms with Gasteiger partial charge in [-0.3, -0.25) is 4.79 Å². The number of carbonyl (C=O) groups is 1. The number of hydrogen-bond acceptors (Lipinski definition) is 3. The van der Waals surface area contributed by atoms with Crippen LogP contribution in [0.15, 0.2) is 34.1 Å². The fourth-order valence-electron chi connectivity index (χ4n) is 2.24. The molecule has 2 aromatic rings. The number of amides is 1. The smallest absolute Gasteiger partial charge is 0.247 e. The fraction of sp³-hybridized carbons (Fsp3) is 0.267. The van der Waals surface area contributed by atoms with Crippen LogP contribution in [-0.4, -0.2) is 17.4 Å². The SMILES string of the molecule is Cc1ccc(/C=C/C(=O)N2CCc3sccc3C2)o1. The zero-order valence-electron chi connectivity index (χ0n) is 10.8. The molecule has 3 rings (SSSR count). The van der Waals surface area contributed by atoms with Crippen LogP contribution in [0.4, 0.5) is 0 Å². The van der Waals surface area contributed by atoms with Crippen LogP contribution in [-0.2, 0) is 17.8 Å². The highest BCUT2D eigenvalue weighted by atomic mass is 32.1. The van der Waals surface area contributed by atoms with Gasteiger partial charge in [-0.1, -0.05) is 0 Å².